The fraction of sp³-hybridized carbons (Fsp3) is 0.682. The summed E-state index contributed by atoms with van der Waals surface area (Å²) < 4.78 is 18.0. The van der Waals surface area contributed by atoms with Crippen molar-refractivity contribution in [2.45, 2.75) is 71.8 Å². The molecule has 174 valence electrons. The third kappa shape index (κ3) is 5.49. The zero-order chi connectivity index (χ0) is 23.7. The molecular weight excluding hydrogens is 409 g/mol. The molecule has 0 saturated carbocycles. The second-order valence-electron chi connectivity index (χ2n) is 10.4. The fourth-order valence-electron chi connectivity index (χ4n) is 3.68. The zero-order valence-electron chi connectivity index (χ0n) is 20.2. The van der Waals surface area contributed by atoms with Crippen molar-refractivity contribution in [2.75, 3.05) is 31.1 Å². The van der Waals surface area contributed by atoms with E-state index in [-0.39, 0.29) is 12.6 Å². The van der Waals surface area contributed by atoms with Gasteiger partial charge < -0.3 is 23.8 Å². The van der Waals surface area contributed by atoms with Gasteiger partial charge in [0.2, 0.25) is 0 Å². The van der Waals surface area contributed by atoms with E-state index in [0.717, 1.165) is 16.7 Å². The smallest absolute Gasteiger partial charge is 0.444 e. The second-order valence-corrected chi connectivity index (χ2v) is 10.4. The minimum Gasteiger partial charge on any atom is -0.444 e. The Morgan fingerprint density at radius 3 is 2.25 bits per heavy atom. The van der Waals surface area contributed by atoms with Crippen molar-refractivity contribution >= 4 is 24.4 Å². The molecule has 2 saturated heterocycles. The highest BCUT2D eigenvalue weighted by molar-refractivity contribution is 6.62. The number of ether oxygens (including phenoxy) is 1. The van der Waals surface area contributed by atoms with Crippen LogP contribution in [-0.4, -0.2) is 61.1 Å². The van der Waals surface area contributed by atoms with E-state index >= 15 is 0 Å². The molecule has 1 aromatic carbocycles. The van der Waals surface area contributed by atoms with Gasteiger partial charge in [-0.2, -0.15) is 0 Å². The first-order valence-electron chi connectivity index (χ1n) is 11.0. The van der Waals surface area contributed by atoms with Crippen LogP contribution in [0.2, 0.25) is 0 Å². The van der Waals surface area contributed by atoms with Gasteiger partial charge in [-0.1, -0.05) is 11.2 Å². The van der Waals surface area contributed by atoms with Crippen molar-refractivity contribution in [3.63, 3.8) is 0 Å². The molecular formula is C22H34BN5O4. The number of benzene rings is 1. The van der Waals surface area contributed by atoms with Crippen LogP contribution < -0.4 is 10.4 Å². The van der Waals surface area contributed by atoms with E-state index in [2.05, 4.69) is 21.0 Å². The highest BCUT2D eigenvalue weighted by Gasteiger charge is 2.51. The van der Waals surface area contributed by atoms with E-state index in [0.29, 0.717) is 26.2 Å². The summed E-state index contributed by atoms with van der Waals surface area (Å²) in [5.41, 5.74) is 10.1. The molecule has 0 N–H and O–H groups in total. The predicted octanol–water partition coefficient (Wildman–Crippen LogP) is 3.85. The third-order valence-corrected chi connectivity index (χ3v) is 6.14. The topological polar surface area (TPSA) is 100 Å². The molecule has 2 aliphatic rings. The Labute approximate surface area is 190 Å². The molecule has 9 nitrogen and oxygen atoms in total. The van der Waals surface area contributed by atoms with E-state index in [9.17, 15) is 4.79 Å². The summed E-state index contributed by atoms with van der Waals surface area (Å²) in [6.45, 7) is 16.4. The Morgan fingerprint density at radius 1 is 1.12 bits per heavy atom. The van der Waals surface area contributed by atoms with Crippen LogP contribution >= 0.6 is 0 Å². The largest absolute Gasteiger partial charge is 0.494 e. The number of nitrogens with zero attached hydrogens (tertiary/aromatic N) is 5. The molecule has 10 heteroatoms. The summed E-state index contributed by atoms with van der Waals surface area (Å²) in [5, 5.41) is 3.73. The first kappa shape index (κ1) is 24.2. The lowest BCUT2D eigenvalue weighted by atomic mass is 9.78. The van der Waals surface area contributed by atoms with Gasteiger partial charge in [0, 0.05) is 36.8 Å². The summed E-state index contributed by atoms with van der Waals surface area (Å²) >= 11 is 0. The predicted molar refractivity (Wildman–Crippen MR) is 125 cm³/mol. The number of rotatable bonds is 4. The molecule has 0 bridgehead atoms. The van der Waals surface area contributed by atoms with Crippen LogP contribution in [0.15, 0.2) is 23.3 Å². The number of piperazine rings is 1. The standard InChI is InChI=1S/C22H34BN5O4/c1-20(2,3)30-19(29)28-10-8-27(9-11-28)18-13-16(15-25-26-24)12-17(14-18)23-31-21(4,5)22(6,7)32-23/h12-14H,8-11,15H2,1-7H3. The Morgan fingerprint density at radius 2 is 1.72 bits per heavy atom. The van der Waals surface area contributed by atoms with Gasteiger partial charge in [0.15, 0.2) is 0 Å². The fourth-order valence-corrected chi connectivity index (χ4v) is 3.68. The van der Waals surface area contributed by atoms with Crippen molar-refractivity contribution in [3.8, 4) is 0 Å². The number of amides is 1. The molecule has 0 unspecified atom stereocenters. The third-order valence-electron chi connectivity index (χ3n) is 6.14. The molecule has 2 fully saturated rings. The molecule has 0 aromatic heterocycles. The summed E-state index contributed by atoms with van der Waals surface area (Å²) in [5.74, 6) is 0. The maximum Gasteiger partial charge on any atom is 0.494 e. The van der Waals surface area contributed by atoms with Gasteiger partial charge in [0.1, 0.15) is 5.60 Å². The highest BCUT2D eigenvalue weighted by atomic mass is 16.7. The number of hydrogen-bond acceptors (Lipinski definition) is 6. The molecule has 0 radical (unpaired) electrons. The number of azide groups is 1. The number of carbonyl (C=O) groups is 1. The van der Waals surface area contributed by atoms with Gasteiger partial charge >= 0.3 is 13.2 Å². The van der Waals surface area contributed by atoms with Crippen LogP contribution in [0.4, 0.5) is 10.5 Å². The Balaban J connectivity index is 1.79. The second kappa shape index (κ2) is 8.85. The molecule has 0 spiro atoms. The normalized spacial score (nSPS) is 20.2. The molecule has 32 heavy (non-hydrogen) atoms. The van der Waals surface area contributed by atoms with Gasteiger partial charge in [-0.15, -0.1) is 0 Å². The Hall–Kier alpha value is -2.42. The molecule has 2 heterocycles. The first-order valence-corrected chi connectivity index (χ1v) is 11.0. The minimum atomic E-state index is -0.512. The van der Waals surface area contributed by atoms with Crippen molar-refractivity contribution in [1.82, 2.24) is 4.90 Å². The maximum atomic E-state index is 12.4. The molecule has 2 aliphatic heterocycles. The molecule has 0 atom stereocenters. The van der Waals surface area contributed by atoms with Crippen LogP contribution in [0.1, 0.15) is 54.0 Å². The average molecular weight is 443 g/mol. The molecule has 1 aromatic rings. The van der Waals surface area contributed by atoms with Crippen LogP contribution in [0.25, 0.3) is 10.4 Å². The van der Waals surface area contributed by atoms with Crippen LogP contribution in [0.3, 0.4) is 0 Å². The van der Waals surface area contributed by atoms with E-state index in [1.54, 1.807) is 4.90 Å². The molecule has 0 aliphatic carbocycles. The van der Waals surface area contributed by atoms with Gasteiger partial charge in [0.25, 0.3) is 0 Å². The lowest BCUT2D eigenvalue weighted by Gasteiger charge is -2.37. The highest BCUT2D eigenvalue weighted by Crippen LogP contribution is 2.36. The van der Waals surface area contributed by atoms with Crippen molar-refractivity contribution < 1.29 is 18.8 Å². The van der Waals surface area contributed by atoms with Crippen LogP contribution in [0, 0.1) is 0 Å². The molecule has 1 amide bonds. The van der Waals surface area contributed by atoms with Gasteiger partial charge in [0.05, 0.1) is 17.7 Å². The van der Waals surface area contributed by atoms with Crippen LogP contribution in [-0.2, 0) is 20.6 Å². The number of anilines is 1. The van der Waals surface area contributed by atoms with E-state index in [1.165, 1.54) is 0 Å². The maximum absolute atomic E-state index is 12.4. The summed E-state index contributed by atoms with van der Waals surface area (Å²) in [4.78, 5) is 19.2. The van der Waals surface area contributed by atoms with Crippen molar-refractivity contribution in [3.05, 3.63) is 34.2 Å². The van der Waals surface area contributed by atoms with Gasteiger partial charge in [-0.3, -0.25) is 0 Å². The molecule has 3 rings (SSSR count). The van der Waals surface area contributed by atoms with E-state index in [1.807, 2.05) is 60.6 Å². The zero-order valence-corrected chi connectivity index (χ0v) is 20.2. The van der Waals surface area contributed by atoms with Crippen molar-refractivity contribution in [1.29, 1.82) is 0 Å². The lowest BCUT2D eigenvalue weighted by molar-refractivity contribution is 0.00578. The summed E-state index contributed by atoms with van der Waals surface area (Å²) in [6, 6.07) is 6.05. The quantitative estimate of drug-likeness (QED) is 0.305. The van der Waals surface area contributed by atoms with Crippen molar-refractivity contribution in [2.24, 2.45) is 5.11 Å². The summed E-state index contributed by atoms with van der Waals surface area (Å²) in [7, 11) is -0.507. The van der Waals surface area contributed by atoms with Crippen LogP contribution in [0.5, 0.6) is 0 Å². The summed E-state index contributed by atoms with van der Waals surface area (Å²) in [6.07, 6.45) is -0.285. The SMILES string of the molecule is CC(C)(C)OC(=O)N1CCN(c2cc(CN=[N+]=[N-])cc(B3OC(C)(C)C(C)(C)O3)c2)CC1. The van der Waals surface area contributed by atoms with Gasteiger partial charge in [-0.25, -0.2) is 4.79 Å². The monoisotopic (exact) mass is 443 g/mol. The average Bonchev–Trinajstić information content (AvgIpc) is 2.92. The Kier molecular flexibility index (Phi) is 6.70. The number of carbonyl (C=O) groups excluding carboxylic acids is 1. The Bertz CT molecular complexity index is 884. The van der Waals surface area contributed by atoms with Gasteiger partial charge in [-0.05, 0) is 77.2 Å². The van der Waals surface area contributed by atoms with E-state index < -0.39 is 23.9 Å². The minimum absolute atomic E-state index is 0.245. The first-order chi connectivity index (χ1) is 14.8. The number of hydrogen-bond donors (Lipinski definition) is 0. The van der Waals surface area contributed by atoms with E-state index in [4.69, 9.17) is 19.6 Å². The lowest BCUT2D eigenvalue weighted by Crippen LogP contribution is -2.50.